The van der Waals surface area contributed by atoms with E-state index < -0.39 is 0 Å². The third kappa shape index (κ3) is 2.25. The molecule has 0 saturated carbocycles. The Morgan fingerprint density at radius 2 is 2.14 bits per heavy atom. The van der Waals surface area contributed by atoms with Crippen LogP contribution in [0, 0.1) is 0 Å². The van der Waals surface area contributed by atoms with Crippen LogP contribution in [0.3, 0.4) is 0 Å². The van der Waals surface area contributed by atoms with Gasteiger partial charge in [-0.05, 0) is 23.8 Å². The maximum atomic E-state index is 5.83. The summed E-state index contributed by atoms with van der Waals surface area (Å²) < 4.78 is 0.823. The van der Waals surface area contributed by atoms with Gasteiger partial charge in [0.2, 0.25) is 0 Å². The zero-order valence-corrected chi connectivity index (χ0v) is 8.98. The van der Waals surface area contributed by atoms with Gasteiger partial charge in [-0.2, -0.15) is 0 Å². The molecule has 0 unspecified atom stereocenters. The second-order valence-corrected chi connectivity index (χ2v) is 4.77. The Morgan fingerprint density at radius 1 is 1.29 bits per heavy atom. The third-order valence-electron chi connectivity index (χ3n) is 1.85. The van der Waals surface area contributed by atoms with Gasteiger partial charge in [0.05, 0.1) is 4.34 Å². The van der Waals surface area contributed by atoms with Gasteiger partial charge in [-0.15, -0.1) is 11.3 Å². The van der Waals surface area contributed by atoms with Gasteiger partial charge in [-0.25, -0.2) is 4.98 Å². The van der Waals surface area contributed by atoms with Crippen LogP contribution in [0.25, 0.3) is 0 Å². The fraction of sp³-hybridized carbons (Fsp3) is 0.100. The average Bonchev–Trinajstić information content (AvgIpc) is 2.56. The van der Waals surface area contributed by atoms with E-state index in [0.717, 1.165) is 16.3 Å². The Bertz CT molecular complexity index is 422. The molecule has 2 aromatic rings. The third-order valence-corrected chi connectivity index (χ3v) is 3.09. The summed E-state index contributed by atoms with van der Waals surface area (Å²) in [7, 11) is 0. The number of nitrogens with zero attached hydrogens (tertiary/aromatic N) is 1. The lowest BCUT2D eigenvalue weighted by Gasteiger charge is -1.98. The van der Waals surface area contributed by atoms with E-state index in [1.54, 1.807) is 17.5 Å². The molecule has 0 spiro atoms. The van der Waals surface area contributed by atoms with Gasteiger partial charge in [0.1, 0.15) is 5.82 Å². The van der Waals surface area contributed by atoms with Crippen LogP contribution in [0.4, 0.5) is 5.82 Å². The fourth-order valence-electron chi connectivity index (χ4n) is 1.19. The zero-order valence-electron chi connectivity index (χ0n) is 7.40. The number of hydrogen-bond donors (Lipinski definition) is 1. The largest absolute Gasteiger partial charge is 0.384 e. The maximum Gasteiger partial charge on any atom is 0.123 e. The lowest BCUT2D eigenvalue weighted by Crippen LogP contribution is -1.91. The molecule has 2 heterocycles. The van der Waals surface area contributed by atoms with Crippen molar-refractivity contribution in [2.75, 3.05) is 5.73 Å². The first-order chi connectivity index (χ1) is 6.74. The molecule has 0 bridgehead atoms. The minimum atomic E-state index is 0.554. The predicted octanol–water partition coefficient (Wildman–Crippen LogP) is 2.97. The molecule has 72 valence electrons. The smallest absolute Gasteiger partial charge is 0.123 e. The van der Waals surface area contributed by atoms with Crippen LogP contribution in [0.1, 0.15) is 10.4 Å². The minimum absolute atomic E-state index is 0.554. The Labute approximate surface area is 91.4 Å². The highest BCUT2D eigenvalue weighted by atomic mass is 35.5. The van der Waals surface area contributed by atoms with Gasteiger partial charge in [0.25, 0.3) is 0 Å². The standard InChI is InChI=1S/C10H9ClN2S/c11-9-3-2-8(14-9)5-7-1-4-10(12)13-6-7/h1-4,6H,5H2,(H2,12,13). The molecule has 0 radical (unpaired) electrons. The zero-order chi connectivity index (χ0) is 9.97. The van der Waals surface area contributed by atoms with Gasteiger partial charge < -0.3 is 5.73 Å². The molecule has 2 aromatic heterocycles. The molecular formula is C10H9ClN2S. The fourth-order valence-corrected chi connectivity index (χ4v) is 2.31. The maximum absolute atomic E-state index is 5.83. The minimum Gasteiger partial charge on any atom is -0.384 e. The molecule has 4 heteroatoms. The van der Waals surface area contributed by atoms with Crippen molar-refractivity contribution in [3.8, 4) is 0 Å². The summed E-state index contributed by atoms with van der Waals surface area (Å²) >= 11 is 7.43. The summed E-state index contributed by atoms with van der Waals surface area (Å²) in [5.74, 6) is 0.554. The molecule has 0 aliphatic rings. The quantitative estimate of drug-likeness (QED) is 0.852. The second kappa shape index (κ2) is 3.98. The van der Waals surface area contributed by atoms with E-state index in [0.29, 0.717) is 5.82 Å². The summed E-state index contributed by atoms with van der Waals surface area (Å²) in [6, 6.07) is 7.73. The molecule has 0 saturated heterocycles. The monoisotopic (exact) mass is 224 g/mol. The van der Waals surface area contributed by atoms with Crippen molar-refractivity contribution in [1.82, 2.24) is 4.98 Å². The molecule has 0 fully saturated rings. The first-order valence-electron chi connectivity index (χ1n) is 4.18. The highest BCUT2D eigenvalue weighted by molar-refractivity contribution is 7.16. The number of nitrogen functional groups attached to an aromatic ring is 1. The first-order valence-corrected chi connectivity index (χ1v) is 5.38. The van der Waals surface area contributed by atoms with Crippen LogP contribution in [-0.4, -0.2) is 4.98 Å². The van der Waals surface area contributed by atoms with E-state index in [1.165, 1.54) is 4.88 Å². The average molecular weight is 225 g/mol. The van der Waals surface area contributed by atoms with Crippen molar-refractivity contribution in [2.45, 2.75) is 6.42 Å². The highest BCUT2D eigenvalue weighted by Gasteiger charge is 2.00. The SMILES string of the molecule is Nc1ccc(Cc2ccc(Cl)s2)cn1. The van der Waals surface area contributed by atoms with Crippen molar-refractivity contribution < 1.29 is 0 Å². The Hall–Kier alpha value is -1.06. The predicted molar refractivity (Wildman–Crippen MR) is 60.8 cm³/mol. The van der Waals surface area contributed by atoms with Crippen molar-refractivity contribution in [3.63, 3.8) is 0 Å². The number of nitrogens with two attached hydrogens (primary N) is 1. The number of aromatic nitrogens is 1. The molecule has 14 heavy (non-hydrogen) atoms. The number of halogens is 1. The van der Waals surface area contributed by atoms with E-state index in [4.69, 9.17) is 17.3 Å². The van der Waals surface area contributed by atoms with Gasteiger partial charge in [-0.1, -0.05) is 17.7 Å². The van der Waals surface area contributed by atoms with Crippen LogP contribution < -0.4 is 5.73 Å². The highest BCUT2D eigenvalue weighted by Crippen LogP contribution is 2.23. The van der Waals surface area contributed by atoms with Crippen LogP contribution in [-0.2, 0) is 6.42 Å². The van der Waals surface area contributed by atoms with Crippen molar-refractivity contribution >= 4 is 28.8 Å². The van der Waals surface area contributed by atoms with Gasteiger partial charge >= 0.3 is 0 Å². The van der Waals surface area contributed by atoms with E-state index in [9.17, 15) is 0 Å². The van der Waals surface area contributed by atoms with E-state index >= 15 is 0 Å². The number of thiophene rings is 1. The van der Waals surface area contributed by atoms with Crippen LogP contribution in [0.2, 0.25) is 4.34 Å². The number of hydrogen-bond acceptors (Lipinski definition) is 3. The van der Waals surface area contributed by atoms with Gasteiger partial charge in [0.15, 0.2) is 0 Å². The Kier molecular flexibility index (Phi) is 2.70. The molecule has 0 atom stereocenters. The van der Waals surface area contributed by atoms with Crippen molar-refractivity contribution in [2.24, 2.45) is 0 Å². The molecule has 0 aromatic carbocycles. The lowest BCUT2D eigenvalue weighted by molar-refractivity contribution is 1.18. The summed E-state index contributed by atoms with van der Waals surface area (Å²) in [5.41, 5.74) is 6.65. The molecule has 2 rings (SSSR count). The number of anilines is 1. The normalized spacial score (nSPS) is 10.4. The second-order valence-electron chi connectivity index (χ2n) is 2.97. The van der Waals surface area contributed by atoms with Gasteiger partial charge in [-0.3, -0.25) is 0 Å². The van der Waals surface area contributed by atoms with Crippen LogP contribution in [0.15, 0.2) is 30.5 Å². The molecule has 0 aliphatic carbocycles. The molecular weight excluding hydrogens is 216 g/mol. The van der Waals surface area contributed by atoms with E-state index in [-0.39, 0.29) is 0 Å². The summed E-state index contributed by atoms with van der Waals surface area (Å²) in [5, 5.41) is 0. The van der Waals surface area contributed by atoms with Crippen LogP contribution >= 0.6 is 22.9 Å². The van der Waals surface area contributed by atoms with Gasteiger partial charge in [0, 0.05) is 17.5 Å². The Morgan fingerprint density at radius 3 is 2.71 bits per heavy atom. The molecule has 0 aliphatic heterocycles. The van der Waals surface area contributed by atoms with Crippen LogP contribution in [0.5, 0.6) is 0 Å². The number of rotatable bonds is 2. The topological polar surface area (TPSA) is 38.9 Å². The summed E-state index contributed by atoms with van der Waals surface area (Å²) in [4.78, 5) is 5.27. The first kappa shape index (κ1) is 9.49. The van der Waals surface area contributed by atoms with Crippen molar-refractivity contribution in [1.29, 1.82) is 0 Å². The molecule has 2 nitrogen and oxygen atoms in total. The number of pyridine rings is 1. The van der Waals surface area contributed by atoms with Crippen molar-refractivity contribution in [3.05, 3.63) is 45.2 Å². The Balaban J connectivity index is 2.15. The van der Waals surface area contributed by atoms with E-state index in [1.807, 2.05) is 24.3 Å². The summed E-state index contributed by atoms with van der Waals surface area (Å²) in [6.07, 6.45) is 2.66. The molecule has 0 amide bonds. The lowest BCUT2D eigenvalue weighted by atomic mass is 10.2. The molecule has 2 N–H and O–H groups in total. The summed E-state index contributed by atoms with van der Waals surface area (Å²) in [6.45, 7) is 0. The van der Waals surface area contributed by atoms with E-state index in [2.05, 4.69) is 4.98 Å².